The Bertz CT molecular complexity index is 565. The van der Waals surface area contributed by atoms with Crippen LogP contribution in [0.5, 0.6) is 0 Å². The Hall–Kier alpha value is -2.55. The molecule has 0 bridgehead atoms. The number of amides is 1. The maximum Gasteiger partial charge on any atom is 0.311 e. The lowest BCUT2D eigenvalue weighted by molar-refractivity contribution is -0.139. The fraction of sp³-hybridized carbons (Fsp3) is 0.357. The Balaban J connectivity index is 2.17. The quantitative estimate of drug-likeness (QED) is 0.788. The number of para-hydroxylation sites is 1. The van der Waals surface area contributed by atoms with Crippen molar-refractivity contribution in [3.05, 3.63) is 29.8 Å². The van der Waals surface area contributed by atoms with Gasteiger partial charge in [0.1, 0.15) is 6.54 Å². The Morgan fingerprint density at radius 1 is 1.45 bits per heavy atom. The predicted molar refractivity (Wildman–Crippen MR) is 72.3 cm³/mol. The van der Waals surface area contributed by atoms with Gasteiger partial charge in [0.2, 0.25) is 5.91 Å². The summed E-state index contributed by atoms with van der Waals surface area (Å²) in [6, 6.07) is 9.08. The molecule has 1 aliphatic rings. The average molecular weight is 273 g/mol. The van der Waals surface area contributed by atoms with E-state index >= 15 is 0 Å². The number of nitrogens with one attached hydrogen (secondary N) is 1. The highest BCUT2D eigenvalue weighted by Crippen LogP contribution is 2.34. The van der Waals surface area contributed by atoms with Gasteiger partial charge in [0.25, 0.3) is 0 Å². The van der Waals surface area contributed by atoms with Crippen LogP contribution >= 0.6 is 0 Å². The van der Waals surface area contributed by atoms with Crippen LogP contribution in [0.3, 0.4) is 0 Å². The Labute approximate surface area is 116 Å². The van der Waals surface area contributed by atoms with Gasteiger partial charge in [0.05, 0.1) is 18.5 Å². The monoisotopic (exact) mass is 273 g/mol. The van der Waals surface area contributed by atoms with Crippen molar-refractivity contribution in [3.8, 4) is 6.07 Å². The molecule has 0 saturated carbocycles. The van der Waals surface area contributed by atoms with E-state index in [2.05, 4.69) is 5.32 Å². The van der Waals surface area contributed by atoms with Crippen LogP contribution in [-0.2, 0) is 9.59 Å². The smallest absolute Gasteiger partial charge is 0.311 e. The van der Waals surface area contributed by atoms with Crippen LogP contribution in [-0.4, -0.2) is 36.6 Å². The summed E-state index contributed by atoms with van der Waals surface area (Å²) in [4.78, 5) is 24.8. The minimum atomic E-state index is -0.842. The zero-order chi connectivity index (χ0) is 14.5. The molecule has 0 fully saturated rings. The van der Waals surface area contributed by atoms with Crippen molar-refractivity contribution in [1.82, 2.24) is 5.32 Å². The van der Waals surface area contributed by atoms with E-state index in [-0.39, 0.29) is 19.0 Å². The number of nitrogens with zero attached hydrogens (tertiary/aromatic N) is 2. The lowest BCUT2D eigenvalue weighted by Crippen LogP contribution is -2.41. The minimum absolute atomic E-state index is 0.0218. The lowest BCUT2D eigenvalue weighted by atomic mass is 9.90. The maximum atomic E-state index is 11.7. The molecular weight excluding hydrogens is 258 g/mol. The molecule has 104 valence electrons. The van der Waals surface area contributed by atoms with Gasteiger partial charge in [-0.2, -0.15) is 5.26 Å². The number of benzene rings is 1. The van der Waals surface area contributed by atoms with E-state index in [1.165, 1.54) is 0 Å². The topological polar surface area (TPSA) is 93.4 Å². The minimum Gasteiger partial charge on any atom is -0.481 e. The molecule has 2 rings (SSSR count). The number of anilines is 1. The SMILES string of the molecule is N#CCNC(=O)CN1CCC(C(=O)O)c2ccccc21. The molecule has 0 radical (unpaired) electrons. The summed E-state index contributed by atoms with van der Waals surface area (Å²) < 4.78 is 0. The van der Waals surface area contributed by atoms with Crippen molar-refractivity contribution >= 4 is 17.6 Å². The molecule has 1 unspecified atom stereocenters. The molecule has 0 aliphatic carbocycles. The van der Waals surface area contributed by atoms with Crippen molar-refractivity contribution in [2.75, 3.05) is 24.5 Å². The Morgan fingerprint density at radius 3 is 2.90 bits per heavy atom. The molecule has 1 heterocycles. The third kappa shape index (κ3) is 2.88. The molecule has 1 amide bonds. The molecule has 20 heavy (non-hydrogen) atoms. The Morgan fingerprint density at radius 2 is 2.20 bits per heavy atom. The second-order valence-corrected chi connectivity index (χ2v) is 4.59. The number of carbonyl (C=O) groups excluding carboxylic acids is 1. The number of fused-ring (bicyclic) bond motifs is 1. The molecule has 6 heteroatoms. The van der Waals surface area contributed by atoms with E-state index in [0.29, 0.717) is 13.0 Å². The molecular formula is C14H15N3O3. The zero-order valence-electron chi connectivity index (χ0n) is 10.9. The number of nitriles is 1. The van der Waals surface area contributed by atoms with Gasteiger partial charge in [-0.05, 0) is 18.1 Å². The van der Waals surface area contributed by atoms with Crippen LogP contribution in [0.1, 0.15) is 17.9 Å². The summed E-state index contributed by atoms with van der Waals surface area (Å²) in [5.41, 5.74) is 1.51. The molecule has 1 aromatic rings. The fourth-order valence-corrected chi connectivity index (χ4v) is 2.42. The largest absolute Gasteiger partial charge is 0.481 e. The second-order valence-electron chi connectivity index (χ2n) is 4.59. The van der Waals surface area contributed by atoms with Crippen molar-refractivity contribution in [1.29, 1.82) is 5.26 Å². The highest BCUT2D eigenvalue weighted by atomic mass is 16.4. The number of carbonyl (C=O) groups is 2. The van der Waals surface area contributed by atoms with Crippen LogP contribution < -0.4 is 10.2 Å². The van der Waals surface area contributed by atoms with Crippen molar-refractivity contribution in [2.24, 2.45) is 0 Å². The molecule has 0 spiro atoms. The van der Waals surface area contributed by atoms with Gasteiger partial charge in [-0.25, -0.2) is 0 Å². The molecule has 2 N–H and O–H groups in total. The van der Waals surface area contributed by atoms with Crippen LogP contribution in [0.25, 0.3) is 0 Å². The summed E-state index contributed by atoms with van der Waals surface area (Å²) in [6.45, 7) is 0.616. The van der Waals surface area contributed by atoms with E-state index in [0.717, 1.165) is 11.3 Å². The third-order valence-electron chi connectivity index (χ3n) is 3.34. The summed E-state index contributed by atoms with van der Waals surface area (Å²) in [5, 5.41) is 20.2. The fourth-order valence-electron chi connectivity index (χ4n) is 2.42. The van der Waals surface area contributed by atoms with Crippen molar-refractivity contribution < 1.29 is 14.7 Å². The average Bonchev–Trinajstić information content (AvgIpc) is 2.45. The third-order valence-corrected chi connectivity index (χ3v) is 3.34. The number of rotatable bonds is 4. The summed E-state index contributed by atoms with van der Waals surface area (Å²) in [7, 11) is 0. The highest BCUT2D eigenvalue weighted by Gasteiger charge is 2.30. The van der Waals surface area contributed by atoms with Gasteiger partial charge in [0.15, 0.2) is 0 Å². The Kier molecular flexibility index (Phi) is 4.20. The number of hydrogen-bond donors (Lipinski definition) is 2. The molecule has 0 saturated heterocycles. The zero-order valence-corrected chi connectivity index (χ0v) is 10.9. The maximum absolute atomic E-state index is 11.7. The van der Waals surface area contributed by atoms with Gasteiger partial charge in [-0.3, -0.25) is 9.59 Å². The van der Waals surface area contributed by atoms with Gasteiger partial charge in [0, 0.05) is 12.2 Å². The first-order valence-electron chi connectivity index (χ1n) is 6.34. The van der Waals surface area contributed by atoms with Crippen LogP contribution in [0.15, 0.2) is 24.3 Å². The van der Waals surface area contributed by atoms with Crippen LogP contribution in [0, 0.1) is 11.3 Å². The summed E-state index contributed by atoms with van der Waals surface area (Å²) in [5.74, 6) is -1.61. The number of aliphatic carboxylic acids is 1. The van der Waals surface area contributed by atoms with E-state index in [4.69, 9.17) is 5.26 Å². The van der Waals surface area contributed by atoms with E-state index in [1.807, 2.05) is 23.1 Å². The number of carboxylic acid groups (broad SMARTS) is 1. The lowest BCUT2D eigenvalue weighted by Gasteiger charge is -2.33. The van der Waals surface area contributed by atoms with Gasteiger partial charge in [-0.1, -0.05) is 18.2 Å². The molecule has 1 aromatic carbocycles. The molecule has 1 aliphatic heterocycles. The van der Waals surface area contributed by atoms with E-state index < -0.39 is 11.9 Å². The number of carboxylic acids is 1. The molecule has 1 atom stereocenters. The first kappa shape index (κ1) is 13.9. The normalized spacial score (nSPS) is 16.9. The summed E-state index contributed by atoms with van der Waals surface area (Å²) >= 11 is 0. The number of hydrogen-bond acceptors (Lipinski definition) is 4. The van der Waals surface area contributed by atoms with Crippen molar-refractivity contribution in [2.45, 2.75) is 12.3 Å². The molecule has 0 aromatic heterocycles. The highest BCUT2D eigenvalue weighted by molar-refractivity contribution is 5.84. The van der Waals surface area contributed by atoms with E-state index in [9.17, 15) is 14.7 Å². The van der Waals surface area contributed by atoms with Crippen LogP contribution in [0.4, 0.5) is 5.69 Å². The molecule has 6 nitrogen and oxygen atoms in total. The van der Waals surface area contributed by atoms with Gasteiger partial charge < -0.3 is 15.3 Å². The summed E-state index contributed by atoms with van der Waals surface area (Å²) in [6.07, 6.45) is 0.470. The first-order chi connectivity index (χ1) is 9.63. The van der Waals surface area contributed by atoms with Crippen molar-refractivity contribution in [3.63, 3.8) is 0 Å². The van der Waals surface area contributed by atoms with Gasteiger partial charge in [-0.15, -0.1) is 0 Å². The predicted octanol–water partition coefficient (Wildman–Crippen LogP) is 0.705. The van der Waals surface area contributed by atoms with E-state index in [1.54, 1.807) is 12.1 Å². The first-order valence-corrected chi connectivity index (χ1v) is 6.34. The second kappa shape index (κ2) is 6.06. The van der Waals surface area contributed by atoms with Crippen LogP contribution in [0.2, 0.25) is 0 Å². The van der Waals surface area contributed by atoms with Gasteiger partial charge >= 0.3 is 5.97 Å². The standard InChI is InChI=1S/C14H15N3O3/c15-6-7-16-13(18)9-17-8-5-11(14(19)20)10-3-1-2-4-12(10)17/h1-4,11H,5,7-9H2,(H,16,18)(H,19,20).